The van der Waals surface area contributed by atoms with Crippen LogP contribution in [0.3, 0.4) is 0 Å². The van der Waals surface area contributed by atoms with Gasteiger partial charge in [0.15, 0.2) is 0 Å². The largest absolute Gasteiger partial charge is 0.790 e. The van der Waals surface area contributed by atoms with E-state index in [2.05, 4.69) is 33.9 Å². The van der Waals surface area contributed by atoms with Gasteiger partial charge in [0.05, 0.1) is 26.2 Å². The molecular formula is C33H57N4O6P. The monoisotopic (exact) mass is 636 g/mol. The molecule has 1 heterocycles. The van der Waals surface area contributed by atoms with E-state index in [1.54, 1.807) is 18.3 Å². The number of allylic oxidation sites excluding steroid dienone is 2. The third-order valence-corrected chi connectivity index (χ3v) is 7.45. The molecule has 2 rings (SSSR count). The van der Waals surface area contributed by atoms with Crippen LogP contribution in [0.15, 0.2) is 60.8 Å². The molecule has 0 aliphatic heterocycles. The van der Waals surface area contributed by atoms with Crippen molar-refractivity contribution in [3.63, 3.8) is 0 Å². The van der Waals surface area contributed by atoms with Gasteiger partial charge < -0.3 is 41.2 Å². The number of nitrogens with zero attached hydrogens (tertiary/aromatic N) is 1. The van der Waals surface area contributed by atoms with Crippen LogP contribution >= 0.6 is 7.82 Å². The number of ether oxygens (including phenoxy) is 1. The van der Waals surface area contributed by atoms with Crippen LogP contribution in [0.1, 0.15) is 108 Å². The van der Waals surface area contributed by atoms with Crippen molar-refractivity contribution in [2.75, 3.05) is 6.61 Å². The molecule has 2 aromatic rings. The number of pyridine rings is 1. The number of amides is 1. The number of phosphoric acid groups is 1. The molecule has 0 fully saturated rings. The topological polar surface area (TPSA) is 197 Å². The lowest BCUT2D eigenvalue weighted by Crippen LogP contribution is -2.40. The van der Waals surface area contributed by atoms with Gasteiger partial charge in [-0.15, -0.1) is 0 Å². The third-order valence-electron chi connectivity index (χ3n) is 6.98. The summed E-state index contributed by atoms with van der Waals surface area (Å²) < 4.78 is 21.3. The Morgan fingerprint density at radius 3 is 2.09 bits per heavy atom. The summed E-state index contributed by atoms with van der Waals surface area (Å²) in [5, 5.41) is 2.84. The molecular weight excluding hydrogens is 579 g/mol. The molecule has 0 radical (unpaired) electrons. The highest BCUT2D eigenvalue weighted by Crippen LogP contribution is 2.25. The van der Waals surface area contributed by atoms with E-state index in [1.807, 2.05) is 30.3 Å². The Bertz CT molecular complexity index is 1050. The number of carbonyl (C=O) groups excluding carboxylic acids is 1. The van der Waals surface area contributed by atoms with Crippen molar-refractivity contribution in [3.05, 3.63) is 72.1 Å². The second-order valence-corrected chi connectivity index (χ2v) is 12.0. The zero-order chi connectivity index (χ0) is 30.3. The zero-order valence-electron chi connectivity index (χ0n) is 27.2. The summed E-state index contributed by atoms with van der Waals surface area (Å²) in [5.74, 6) is 0.484. The van der Waals surface area contributed by atoms with E-state index in [4.69, 9.17) is 4.74 Å². The summed E-state index contributed by atoms with van der Waals surface area (Å²) in [6.45, 7) is 2.18. The number of unbranched alkanes of at least 4 members (excludes halogenated alkanes) is 11. The second kappa shape index (κ2) is 25.7. The van der Waals surface area contributed by atoms with Gasteiger partial charge in [-0.25, -0.2) is 0 Å². The molecule has 0 aliphatic carbocycles. The SMILES string of the molecule is CCCCCCCC/C=C/CCCCCCCC(=O)N[C@H](COP(=O)([O-])[O-])Cc1ccc(OCc2ccccn2)cc1.[NH4+].[NH4+]. The van der Waals surface area contributed by atoms with E-state index in [1.165, 1.54) is 44.9 Å². The van der Waals surface area contributed by atoms with Gasteiger partial charge >= 0.3 is 0 Å². The van der Waals surface area contributed by atoms with Gasteiger partial charge in [-0.2, -0.15) is 0 Å². The van der Waals surface area contributed by atoms with Crippen LogP contribution < -0.4 is 32.1 Å². The fourth-order valence-corrected chi connectivity index (χ4v) is 5.00. The molecule has 0 bridgehead atoms. The first kappa shape index (κ1) is 41.4. The zero-order valence-corrected chi connectivity index (χ0v) is 28.1. The van der Waals surface area contributed by atoms with Crippen LogP contribution in [-0.4, -0.2) is 23.5 Å². The first-order valence-electron chi connectivity index (χ1n) is 15.6. The fourth-order valence-electron chi connectivity index (χ4n) is 4.64. The summed E-state index contributed by atoms with van der Waals surface area (Å²) in [4.78, 5) is 38.9. The molecule has 0 saturated carbocycles. The van der Waals surface area contributed by atoms with Gasteiger partial charge in [-0.05, 0) is 68.4 Å². The summed E-state index contributed by atoms with van der Waals surface area (Å²) >= 11 is 0. The number of benzene rings is 1. The van der Waals surface area contributed by atoms with Gasteiger partial charge in [0.1, 0.15) is 12.4 Å². The smallest absolute Gasteiger partial charge is 0.220 e. The van der Waals surface area contributed by atoms with Crippen molar-refractivity contribution in [2.45, 2.75) is 116 Å². The van der Waals surface area contributed by atoms with Crippen LogP contribution in [0.2, 0.25) is 0 Å². The van der Waals surface area contributed by atoms with Crippen LogP contribution in [0.25, 0.3) is 0 Å². The molecule has 250 valence electrons. The van der Waals surface area contributed by atoms with Crippen molar-refractivity contribution in [2.24, 2.45) is 0 Å². The van der Waals surface area contributed by atoms with Crippen molar-refractivity contribution in [1.82, 2.24) is 22.6 Å². The second-order valence-electron chi connectivity index (χ2n) is 10.8. The van der Waals surface area contributed by atoms with Crippen LogP contribution in [0, 0.1) is 0 Å². The number of quaternary nitrogens is 2. The first-order chi connectivity index (χ1) is 20.4. The molecule has 11 heteroatoms. The Hall–Kier alpha value is -2.59. The molecule has 1 amide bonds. The van der Waals surface area contributed by atoms with E-state index in [0.717, 1.165) is 49.8 Å². The number of hydrogen-bond acceptors (Lipinski definition) is 7. The van der Waals surface area contributed by atoms with Crippen molar-refractivity contribution >= 4 is 13.7 Å². The number of carbonyl (C=O) groups is 1. The minimum Gasteiger partial charge on any atom is -0.790 e. The summed E-state index contributed by atoms with van der Waals surface area (Å²) in [6, 6.07) is 12.3. The molecule has 1 atom stereocenters. The minimum absolute atomic E-state index is 0. The van der Waals surface area contributed by atoms with E-state index in [-0.39, 0.29) is 18.2 Å². The number of phosphoric ester groups is 1. The summed E-state index contributed by atoms with van der Waals surface area (Å²) in [5.41, 5.74) is 1.66. The average molecular weight is 637 g/mol. The molecule has 44 heavy (non-hydrogen) atoms. The van der Waals surface area contributed by atoms with E-state index in [9.17, 15) is 19.1 Å². The number of aromatic nitrogens is 1. The molecule has 1 aromatic heterocycles. The lowest BCUT2D eigenvalue weighted by Gasteiger charge is -2.31. The molecule has 0 saturated heterocycles. The lowest BCUT2D eigenvalue weighted by atomic mass is 10.1. The summed E-state index contributed by atoms with van der Waals surface area (Å²) in [7, 11) is -5.15. The van der Waals surface area contributed by atoms with E-state index < -0.39 is 20.5 Å². The number of hydrogen-bond donors (Lipinski definition) is 3. The highest BCUT2D eigenvalue weighted by Gasteiger charge is 2.15. The molecule has 0 unspecified atom stereocenters. The van der Waals surface area contributed by atoms with E-state index >= 15 is 0 Å². The summed E-state index contributed by atoms with van der Waals surface area (Å²) in [6.07, 6.45) is 22.4. The fraction of sp³-hybridized carbons (Fsp3) is 0.576. The lowest BCUT2D eigenvalue weighted by molar-refractivity contribution is -0.342. The Morgan fingerprint density at radius 1 is 0.886 bits per heavy atom. The Balaban J connectivity index is 0.00000924. The molecule has 0 aliphatic rings. The maximum absolute atomic E-state index is 12.5. The first-order valence-corrected chi connectivity index (χ1v) is 17.0. The van der Waals surface area contributed by atoms with E-state index in [0.29, 0.717) is 25.2 Å². The molecule has 1 aromatic carbocycles. The maximum Gasteiger partial charge on any atom is 0.220 e. The maximum atomic E-state index is 12.5. The van der Waals surface area contributed by atoms with Gasteiger partial charge in [0.2, 0.25) is 5.91 Å². The standard InChI is InChI=1S/C33H51N2O6P.2H3N/c1-2-3-4-5-6-7-8-9-10-11-12-13-14-15-16-20-33(36)35-31(28-41-42(37,38)39)26-29-21-23-32(24-22-29)40-27-30-19-17-18-25-34-30;;/h9-10,17-19,21-25,31H,2-8,11-16,20,26-28H2,1H3,(H,35,36)(H2,37,38,39);2*1H3/b10-9+;;/t31-;;/m0../s1. The third kappa shape index (κ3) is 22.0. The predicted molar refractivity (Wildman–Crippen MR) is 176 cm³/mol. The van der Waals surface area contributed by atoms with Gasteiger partial charge in [0.25, 0.3) is 0 Å². The predicted octanol–water partition coefficient (Wildman–Crippen LogP) is 7.32. The Kier molecular flexibility index (Phi) is 24.2. The van der Waals surface area contributed by atoms with Gasteiger partial charge in [-0.1, -0.05) is 88.6 Å². The minimum atomic E-state index is -5.15. The van der Waals surface area contributed by atoms with Crippen molar-refractivity contribution in [3.8, 4) is 5.75 Å². The number of rotatable bonds is 24. The normalized spacial score (nSPS) is 11.9. The highest BCUT2D eigenvalue weighted by atomic mass is 31.2. The van der Waals surface area contributed by atoms with Crippen LogP contribution in [-0.2, 0) is 26.9 Å². The van der Waals surface area contributed by atoms with Crippen molar-refractivity contribution < 1.29 is 28.4 Å². The van der Waals surface area contributed by atoms with Crippen molar-refractivity contribution in [1.29, 1.82) is 0 Å². The Labute approximate surface area is 264 Å². The Morgan fingerprint density at radius 2 is 1.50 bits per heavy atom. The van der Waals surface area contributed by atoms with Gasteiger partial charge in [-0.3, -0.25) is 9.78 Å². The van der Waals surface area contributed by atoms with Crippen LogP contribution in [0.4, 0.5) is 0 Å². The quantitative estimate of drug-likeness (QED) is 0.0609. The van der Waals surface area contributed by atoms with Gasteiger partial charge in [0, 0.05) is 12.6 Å². The number of nitrogens with one attached hydrogen (secondary N) is 1. The molecule has 0 spiro atoms. The molecule has 10 nitrogen and oxygen atoms in total. The average Bonchev–Trinajstić information content (AvgIpc) is 2.97. The highest BCUT2D eigenvalue weighted by molar-refractivity contribution is 7.43. The molecule has 9 N–H and O–H groups in total. The van der Waals surface area contributed by atoms with Crippen LogP contribution in [0.5, 0.6) is 5.75 Å².